The highest BCUT2D eigenvalue weighted by atomic mass is 32.2. The molecule has 1 fully saturated rings. The zero-order chi connectivity index (χ0) is 15.9. The van der Waals surface area contributed by atoms with Crippen LogP contribution in [-0.2, 0) is 4.79 Å². The van der Waals surface area contributed by atoms with Crippen molar-refractivity contribution >= 4 is 23.8 Å². The van der Waals surface area contributed by atoms with Crippen LogP contribution in [0, 0.1) is 5.41 Å². The molecule has 1 heterocycles. The Bertz CT molecular complexity index is 355. The quantitative estimate of drug-likeness (QED) is 0.758. The molecule has 0 bridgehead atoms. The lowest BCUT2D eigenvalue weighted by Gasteiger charge is -2.39. The van der Waals surface area contributed by atoms with Gasteiger partial charge in [-0.05, 0) is 31.9 Å². The third-order valence-corrected chi connectivity index (χ3v) is 5.11. The Morgan fingerprint density at radius 3 is 2.38 bits per heavy atom. The number of thioether (sulfide) groups is 1. The number of hydrogen-bond acceptors (Lipinski definition) is 3. The second-order valence-electron chi connectivity index (χ2n) is 5.83. The molecule has 0 aromatic heterocycles. The summed E-state index contributed by atoms with van der Waals surface area (Å²) in [7, 11) is 0. The zero-order valence-electron chi connectivity index (χ0n) is 13.4. The highest BCUT2D eigenvalue weighted by Crippen LogP contribution is 2.36. The predicted molar refractivity (Wildman–Crippen MR) is 86.8 cm³/mol. The van der Waals surface area contributed by atoms with Crippen LogP contribution in [0.15, 0.2) is 0 Å². The molecule has 0 saturated carbocycles. The van der Waals surface area contributed by atoms with Gasteiger partial charge in [0.15, 0.2) is 0 Å². The maximum absolute atomic E-state index is 12.2. The van der Waals surface area contributed by atoms with E-state index in [1.54, 1.807) is 16.7 Å². The minimum atomic E-state index is -0.710. The standard InChI is InChI=1S/C15H28N2O3S/c1-4-6-15(13(18)19)7-9-17(10-8-15)14(20)16-12(5-2)11-21-3/h12H,4-11H2,1-3H3,(H,16,20)(H,18,19). The second-order valence-corrected chi connectivity index (χ2v) is 6.74. The van der Waals surface area contributed by atoms with Crippen LogP contribution in [0.2, 0.25) is 0 Å². The lowest BCUT2D eigenvalue weighted by atomic mass is 9.75. The fourth-order valence-corrected chi connectivity index (χ4v) is 3.64. The van der Waals surface area contributed by atoms with Crippen LogP contribution in [-0.4, -0.2) is 53.1 Å². The van der Waals surface area contributed by atoms with Gasteiger partial charge in [0.2, 0.25) is 0 Å². The number of urea groups is 1. The summed E-state index contributed by atoms with van der Waals surface area (Å²) >= 11 is 1.72. The minimum absolute atomic E-state index is 0.0496. The molecule has 1 saturated heterocycles. The van der Waals surface area contributed by atoms with Gasteiger partial charge in [0, 0.05) is 24.9 Å². The molecule has 1 aliphatic heterocycles. The first-order chi connectivity index (χ1) is 9.99. The van der Waals surface area contributed by atoms with Crippen molar-refractivity contribution in [2.45, 2.75) is 52.0 Å². The molecule has 0 spiro atoms. The van der Waals surface area contributed by atoms with Crippen LogP contribution in [0.25, 0.3) is 0 Å². The van der Waals surface area contributed by atoms with E-state index in [0.717, 1.165) is 18.6 Å². The predicted octanol–water partition coefficient (Wildman–Crippen LogP) is 2.80. The largest absolute Gasteiger partial charge is 0.481 e. The molecule has 21 heavy (non-hydrogen) atoms. The summed E-state index contributed by atoms with van der Waals surface area (Å²) in [6.45, 7) is 5.15. The normalized spacial score (nSPS) is 19.1. The summed E-state index contributed by atoms with van der Waals surface area (Å²) in [5, 5.41) is 12.5. The van der Waals surface area contributed by atoms with Crippen molar-refractivity contribution in [3.05, 3.63) is 0 Å². The Morgan fingerprint density at radius 1 is 1.33 bits per heavy atom. The Labute approximate surface area is 131 Å². The summed E-state index contributed by atoms with van der Waals surface area (Å²) in [6, 6.07) is 0.140. The summed E-state index contributed by atoms with van der Waals surface area (Å²) in [4.78, 5) is 25.5. The fourth-order valence-electron chi connectivity index (χ4n) is 2.92. The number of carbonyl (C=O) groups excluding carboxylic acids is 1. The third-order valence-electron chi connectivity index (χ3n) is 4.38. The van der Waals surface area contributed by atoms with Crippen molar-refractivity contribution in [3.63, 3.8) is 0 Å². The van der Waals surface area contributed by atoms with E-state index >= 15 is 0 Å². The topological polar surface area (TPSA) is 69.6 Å². The first kappa shape index (κ1) is 18.1. The van der Waals surface area contributed by atoms with Crippen LogP contribution < -0.4 is 5.32 Å². The lowest BCUT2D eigenvalue weighted by Crippen LogP contribution is -2.51. The number of rotatable bonds is 7. The minimum Gasteiger partial charge on any atom is -0.481 e. The Morgan fingerprint density at radius 2 is 1.95 bits per heavy atom. The number of nitrogens with one attached hydrogen (secondary N) is 1. The molecule has 5 nitrogen and oxygen atoms in total. The Balaban J connectivity index is 2.55. The van der Waals surface area contributed by atoms with Gasteiger partial charge >= 0.3 is 12.0 Å². The average Bonchev–Trinajstić information content (AvgIpc) is 2.47. The third kappa shape index (κ3) is 4.80. The molecule has 0 radical (unpaired) electrons. The van der Waals surface area contributed by atoms with Gasteiger partial charge in [-0.15, -0.1) is 0 Å². The van der Waals surface area contributed by atoms with Gasteiger partial charge in [-0.1, -0.05) is 20.3 Å². The molecule has 6 heteroatoms. The molecule has 2 amide bonds. The monoisotopic (exact) mass is 316 g/mol. The van der Waals surface area contributed by atoms with Gasteiger partial charge < -0.3 is 15.3 Å². The van der Waals surface area contributed by atoms with Crippen LogP contribution >= 0.6 is 11.8 Å². The summed E-state index contributed by atoms with van der Waals surface area (Å²) in [6.07, 6.45) is 5.62. The number of likely N-dealkylation sites (tertiary alicyclic amines) is 1. The molecule has 1 unspecified atom stereocenters. The number of amides is 2. The van der Waals surface area contributed by atoms with E-state index in [1.165, 1.54) is 0 Å². The van der Waals surface area contributed by atoms with Crippen molar-refractivity contribution in [3.8, 4) is 0 Å². The van der Waals surface area contributed by atoms with Crippen molar-refractivity contribution in [1.29, 1.82) is 0 Å². The fraction of sp³-hybridized carbons (Fsp3) is 0.867. The molecule has 1 rings (SSSR count). The molecule has 122 valence electrons. The smallest absolute Gasteiger partial charge is 0.317 e. The summed E-state index contributed by atoms with van der Waals surface area (Å²) < 4.78 is 0. The van der Waals surface area contributed by atoms with Crippen LogP contribution in [0.4, 0.5) is 4.79 Å². The number of nitrogens with zero attached hydrogens (tertiary/aromatic N) is 1. The molecule has 1 atom stereocenters. The van der Waals surface area contributed by atoms with Crippen LogP contribution in [0.3, 0.4) is 0 Å². The molecule has 0 aromatic carbocycles. The number of carboxylic acids is 1. The van der Waals surface area contributed by atoms with Gasteiger partial charge in [0.05, 0.1) is 5.41 Å². The van der Waals surface area contributed by atoms with Crippen LogP contribution in [0.1, 0.15) is 46.0 Å². The van der Waals surface area contributed by atoms with Crippen molar-refractivity contribution in [2.75, 3.05) is 25.1 Å². The van der Waals surface area contributed by atoms with E-state index in [9.17, 15) is 14.7 Å². The number of hydrogen-bond donors (Lipinski definition) is 2. The highest BCUT2D eigenvalue weighted by molar-refractivity contribution is 7.98. The second kappa shape index (κ2) is 8.51. The van der Waals surface area contributed by atoms with Gasteiger partial charge in [0.25, 0.3) is 0 Å². The zero-order valence-corrected chi connectivity index (χ0v) is 14.2. The highest BCUT2D eigenvalue weighted by Gasteiger charge is 2.41. The van der Waals surface area contributed by atoms with Crippen molar-refractivity contribution in [2.24, 2.45) is 5.41 Å². The lowest BCUT2D eigenvalue weighted by molar-refractivity contribution is -0.152. The number of carbonyl (C=O) groups is 2. The van der Waals surface area contributed by atoms with E-state index in [2.05, 4.69) is 12.2 Å². The number of piperidine rings is 1. The molecule has 0 aliphatic carbocycles. The Kier molecular flexibility index (Phi) is 7.35. The van der Waals surface area contributed by atoms with Gasteiger partial charge in [-0.25, -0.2) is 4.79 Å². The molecule has 2 N–H and O–H groups in total. The SMILES string of the molecule is CCCC1(C(=O)O)CCN(C(=O)NC(CC)CSC)CC1. The molecule has 0 aromatic rings. The number of carboxylic acid groups (broad SMARTS) is 1. The molecular weight excluding hydrogens is 288 g/mol. The van der Waals surface area contributed by atoms with Gasteiger partial charge in [-0.3, -0.25) is 4.79 Å². The van der Waals surface area contributed by atoms with E-state index in [4.69, 9.17) is 0 Å². The Hall–Kier alpha value is -0.910. The van der Waals surface area contributed by atoms with Crippen molar-refractivity contribution in [1.82, 2.24) is 10.2 Å². The van der Waals surface area contributed by atoms with E-state index in [0.29, 0.717) is 32.4 Å². The van der Waals surface area contributed by atoms with E-state index in [-0.39, 0.29) is 12.1 Å². The number of aliphatic carboxylic acids is 1. The van der Waals surface area contributed by atoms with E-state index in [1.807, 2.05) is 13.2 Å². The first-order valence-corrected chi connectivity index (χ1v) is 9.16. The van der Waals surface area contributed by atoms with Crippen molar-refractivity contribution < 1.29 is 14.7 Å². The average molecular weight is 316 g/mol. The summed E-state index contributed by atoms with van der Waals surface area (Å²) in [5.41, 5.74) is -0.630. The molecular formula is C15H28N2O3S. The van der Waals surface area contributed by atoms with Crippen LogP contribution in [0.5, 0.6) is 0 Å². The van der Waals surface area contributed by atoms with Gasteiger partial charge in [-0.2, -0.15) is 11.8 Å². The first-order valence-electron chi connectivity index (χ1n) is 7.76. The summed E-state index contributed by atoms with van der Waals surface area (Å²) in [5.74, 6) is 0.198. The maximum atomic E-state index is 12.2. The van der Waals surface area contributed by atoms with E-state index < -0.39 is 11.4 Å². The molecule has 1 aliphatic rings. The maximum Gasteiger partial charge on any atom is 0.317 e. The van der Waals surface area contributed by atoms with Gasteiger partial charge in [0.1, 0.15) is 0 Å².